The van der Waals surface area contributed by atoms with Crippen LogP contribution in [-0.4, -0.2) is 30.5 Å². The Kier molecular flexibility index (Phi) is 7.60. The quantitative estimate of drug-likeness (QED) is 0.488. The number of ether oxygens (including phenoxy) is 1. The number of hydrogen-bond donors (Lipinski definition) is 2. The van der Waals surface area contributed by atoms with Gasteiger partial charge in [-0.15, -0.1) is 0 Å². The van der Waals surface area contributed by atoms with Crippen molar-refractivity contribution in [3.8, 4) is 0 Å². The van der Waals surface area contributed by atoms with Crippen molar-refractivity contribution in [3.63, 3.8) is 0 Å². The van der Waals surface area contributed by atoms with Crippen LogP contribution in [0.4, 0.5) is 5.82 Å². The van der Waals surface area contributed by atoms with Gasteiger partial charge in [0.25, 0.3) is 5.91 Å². The van der Waals surface area contributed by atoms with Gasteiger partial charge in [-0.05, 0) is 48.7 Å². The van der Waals surface area contributed by atoms with Gasteiger partial charge in [0.1, 0.15) is 5.82 Å². The summed E-state index contributed by atoms with van der Waals surface area (Å²) in [7, 11) is 1.33. The van der Waals surface area contributed by atoms with Gasteiger partial charge >= 0.3 is 5.97 Å². The van der Waals surface area contributed by atoms with E-state index < -0.39 is 0 Å². The molecule has 2 aromatic carbocycles. The third kappa shape index (κ3) is 5.81. The molecule has 1 heterocycles. The molecule has 6 heteroatoms. The van der Waals surface area contributed by atoms with Crippen LogP contribution in [0.2, 0.25) is 0 Å². The molecule has 0 aliphatic heterocycles. The number of hydrogen-bond acceptors (Lipinski definition) is 5. The Labute approximate surface area is 183 Å². The Morgan fingerprint density at radius 1 is 1.10 bits per heavy atom. The molecule has 1 aromatic heterocycles. The zero-order valence-corrected chi connectivity index (χ0v) is 18.3. The van der Waals surface area contributed by atoms with Crippen LogP contribution in [0.25, 0.3) is 10.9 Å². The number of para-hydroxylation sites is 1. The molecule has 0 bridgehead atoms. The summed E-state index contributed by atoms with van der Waals surface area (Å²) in [5, 5.41) is 7.46. The van der Waals surface area contributed by atoms with E-state index in [1.165, 1.54) is 7.11 Å². The Bertz CT molecular complexity index is 1050. The van der Waals surface area contributed by atoms with Crippen LogP contribution in [0.3, 0.4) is 0 Å². The number of benzene rings is 2. The predicted molar refractivity (Wildman–Crippen MR) is 123 cm³/mol. The number of methoxy groups -OCH3 is 1. The van der Waals surface area contributed by atoms with Gasteiger partial charge in [-0.1, -0.05) is 43.7 Å². The van der Waals surface area contributed by atoms with Gasteiger partial charge in [-0.2, -0.15) is 0 Å². The third-order valence-corrected chi connectivity index (χ3v) is 5.22. The molecule has 1 atom stereocenters. The zero-order chi connectivity index (χ0) is 22.2. The molecule has 3 rings (SSSR count). The van der Waals surface area contributed by atoms with E-state index in [1.54, 1.807) is 0 Å². The molecule has 0 fully saturated rings. The van der Waals surface area contributed by atoms with Gasteiger partial charge in [-0.25, -0.2) is 4.98 Å². The molecule has 3 aromatic rings. The molecule has 31 heavy (non-hydrogen) atoms. The predicted octanol–water partition coefficient (Wildman–Crippen LogP) is 4.79. The number of amides is 1. The Morgan fingerprint density at radius 3 is 2.55 bits per heavy atom. The second-order valence-electron chi connectivity index (χ2n) is 7.54. The molecule has 0 saturated carbocycles. The highest BCUT2D eigenvalue weighted by Gasteiger charge is 2.14. The third-order valence-electron chi connectivity index (χ3n) is 5.22. The van der Waals surface area contributed by atoms with E-state index in [-0.39, 0.29) is 30.9 Å². The fraction of sp³-hybridized carbons (Fsp3) is 0.320. The van der Waals surface area contributed by atoms with E-state index in [4.69, 9.17) is 4.98 Å². The van der Waals surface area contributed by atoms with Crippen LogP contribution in [0.15, 0.2) is 54.6 Å². The normalized spacial score (nSPS) is 11.7. The van der Waals surface area contributed by atoms with Crippen LogP contribution in [0.5, 0.6) is 0 Å². The lowest BCUT2D eigenvalue weighted by molar-refractivity contribution is -0.140. The number of rotatable bonds is 9. The van der Waals surface area contributed by atoms with Crippen LogP contribution >= 0.6 is 0 Å². The van der Waals surface area contributed by atoms with Crippen molar-refractivity contribution < 1.29 is 14.3 Å². The highest BCUT2D eigenvalue weighted by atomic mass is 16.5. The maximum atomic E-state index is 12.3. The first-order valence-corrected chi connectivity index (χ1v) is 10.6. The summed E-state index contributed by atoms with van der Waals surface area (Å²) < 4.78 is 4.58. The molecular weight excluding hydrogens is 390 g/mol. The molecule has 0 radical (unpaired) electrons. The summed E-state index contributed by atoms with van der Waals surface area (Å²) in [6, 6.07) is 17.9. The van der Waals surface area contributed by atoms with E-state index in [0.717, 1.165) is 40.7 Å². The van der Waals surface area contributed by atoms with Gasteiger partial charge in [0.2, 0.25) is 0 Å². The summed E-state index contributed by atoms with van der Waals surface area (Å²) >= 11 is 0. The molecule has 2 N–H and O–H groups in total. The number of esters is 1. The van der Waals surface area contributed by atoms with Crippen LogP contribution in [0, 0.1) is 6.92 Å². The lowest BCUT2D eigenvalue weighted by Crippen LogP contribution is -2.26. The summed E-state index contributed by atoms with van der Waals surface area (Å²) in [5.74, 6) is 0.325. The van der Waals surface area contributed by atoms with E-state index in [2.05, 4.69) is 41.4 Å². The largest absolute Gasteiger partial charge is 0.469 e. The van der Waals surface area contributed by atoms with Crippen molar-refractivity contribution in [2.45, 2.75) is 39.2 Å². The number of anilines is 1. The highest BCUT2D eigenvalue weighted by Crippen LogP contribution is 2.27. The van der Waals surface area contributed by atoms with Crippen molar-refractivity contribution in [2.24, 2.45) is 0 Å². The average molecular weight is 420 g/mol. The highest BCUT2D eigenvalue weighted by molar-refractivity contribution is 5.94. The molecule has 0 aliphatic rings. The number of nitrogens with zero attached hydrogens (tertiary/aromatic N) is 1. The van der Waals surface area contributed by atoms with Gasteiger partial charge in [0, 0.05) is 17.5 Å². The van der Waals surface area contributed by atoms with E-state index >= 15 is 0 Å². The number of nitrogens with one attached hydrogen (secondary N) is 2. The fourth-order valence-electron chi connectivity index (χ4n) is 3.49. The van der Waals surface area contributed by atoms with Gasteiger partial charge < -0.3 is 15.4 Å². The Hall–Kier alpha value is -3.41. The second kappa shape index (κ2) is 10.6. The Balaban J connectivity index is 1.72. The summed E-state index contributed by atoms with van der Waals surface area (Å²) in [4.78, 5) is 28.3. The van der Waals surface area contributed by atoms with E-state index in [1.807, 2.05) is 42.5 Å². The number of fused-ring (bicyclic) bond motifs is 1. The summed E-state index contributed by atoms with van der Waals surface area (Å²) in [6.45, 7) is 4.46. The number of pyridine rings is 1. The molecule has 162 valence electrons. The molecule has 1 amide bonds. The maximum absolute atomic E-state index is 12.3. The minimum absolute atomic E-state index is 0.0915. The summed E-state index contributed by atoms with van der Waals surface area (Å²) in [6.07, 6.45) is 2.11. The lowest BCUT2D eigenvalue weighted by Gasteiger charge is -2.21. The van der Waals surface area contributed by atoms with Crippen molar-refractivity contribution in [1.29, 1.82) is 0 Å². The Morgan fingerprint density at radius 2 is 1.84 bits per heavy atom. The van der Waals surface area contributed by atoms with Gasteiger partial charge in [-0.3, -0.25) is 9.59 Å². The number of carbonyl (C=O) groups is 2. The first-order chi connectivity index (χ1) is 15.0. The van der Waals surface area contributed by atoms with Gasteiger partial charge in [0.05, 0.1) is 25.1 Å². The lowest BCUT2D eigenvalue weighted by atomic mass is 10.00. The molecular formula is C25H29N3O3. The van der Waals surface area contributed by atoms with Crippen LogP contribution in [0.1, 0.15) is 53.7 Å². The SMILES string of the molecule is CCC[C@@H](Nc1nc2ccccc2cc1C)c1ccc(C(=O)NCCC(=O)OC)cc1. The standard InChI is InChI=1S/C25H29N3O3/c1-4-7-21(27-24-17(2)16-20-8-5-6-9-22(20)28-24)18-10-12-19(13-11-18)25(30)26-15-14-23(29)31-3/h5-6,8-13,16,21H,4,7,14-15H2,1-3H3,(H,26,30)(H,27,28)/t21-/m1/s1. The van der Waals surface area contributed by atoms with E-state index in [9.17, 15) is 9.59 Å². The molecule has 0 spiro atoms. The van der Waals surface area contributed by atoms with Crippen LogP contribution < -0.4 is 10.6 Å². The monoisotopic (exact) mass is 419 g/mol. The minimum Gasteiger partial charge on any atom is -0.469 e. The smallest absolute Gasteiger partial charge is 0.307 e. The van der Waals surface area contributed by atoms with E-state index in [0.29, 0.717) is 5.56 Å². The van der Waals surface area contributed by atoms with Crippen molar-refractivity contribution in [2.75, 3.05) is 19.0 Å². The number of aryl methyl sites for hydroxylation is 1. The zero-order valence-electron chi connectivity index (χ0n) is 18.3. The first-order valence-electron chi connectivity index (χ1n) is 10.6. The fourth-order valence-corrected chi connectivity index (χ4v) is 3.49. The first kappa shape index (κ1) is 22.3. The van der Waals surface area contributed by atoms with Crippen molar-refractivity contribution in [1.82, 2.24) is 10.3 Å². The molecule has 0 aliphatic carbocycles. The molecule has 6 nitrogen and oxygen atoms in total. The minimum atomic E-state index is -0.346. The van der Waals surface area contributed by atoms with Gasteiger partial charge in [0.15, 0.2) is 0 Å². The summed E-state index contributed by atoms with van der Waals surface area (Å²) in [5.41, 5.74) is 3.72. The molecule has 0 saturated heterocycles. The van der Waals surface area contributed by atoms with Crippen molar-refractivity contribution in [3.05, 3.63) is 71.3 Å². The topological polar surface area (TPSA) is 80.3 Å². The van der Waals surface area contributed by atoms with Crippen LogP contribution in [-0.2, 0) is 9.53 Å². The maximum Gasteiger partial charge on any atom is 0.307 e. The average Bonchev–Trinajstić information content (AvgIpc) is 2.79. The van der Waals surface area contributed by atoms with Crippen molar-refractivity contribution >= 4 is 28.6 Å². The number of aromatic nitrogens is 1. The number of carbonyl (C=O) groups excluding carboxylic acids is 2. The molecule has 0 unspecified atom stereocenters. The second-order valence-corrected chi connectivity index (χ2v) is 7.54.